The number of benzene rings is 1. The van der Waals surface area contributed by atoms with Gasteiger partial charge in [0.05, 0.1) is 4.92 Å². The van der Waals surface area contributed by atoms with Crippen LogP contribution in [0.4, 0.5) is 5.69 Å². The molecule has 0 fully saturated rings. The standard InChI is InChI=1S/C13H18ClNO2/c1-13(2,3)9-11(14)8-10-4-6-12(7-5-10)15(16)17/h4-7,11H,8-9H2,1-3H3. The van der Waals surface area contributed by atoms with E-state index in [0.29, 0.717) is 0 Å². The van der Waals surface area contributed by atoms with Gasteiger partial charge >= 0.3 is 0 Å². The number of hydrogen-bond acceptors (Lipinski definition) is 2. The van der Waals surface area contributed by atoms with Gasteiger partial charge in [-0.1, -0.05) is 32.9 Å². The summed E-state index contributed by atoms with van der Waals surface area (Å²) in [6.45, 7) is 6.45. The highest BCUT2D eigenvalue weighted by molar-refractivity contribution is 6.20. The number of hydrogen-bond donors (Lipinski definition) is 0. The van der Waals surface area contributed by atoms with E-state index in [1.165, 1.54) is 12.1 Å². The lowest BCUT2D eigenvalue weighted by Gasteiger charge is -2.21. The van der Waals surface area contributed by atoms with Crippen molar-refractivity contribution in [3.8, 4) is 0 Å². The Kier molecular flexibility index (Phi) is 4.52. The molecule has 0 radical (unpaired) electrons. The highest BCUT2D eigenvalue weighted by atomic mass is 35.5. The first kappa shape index (κ1) is 14.0. The second kappa shape index (κ2) is 5.50. The summed E-state index contributed by atoms with van der Waals surface area (Å²) in [5.41, 5.74) is 1.36. The second-order valence-corrected chi connectivity index (χ2v) is 6.11. The molecular weight excluding hydrogens is 238 g/mol. The number of alkyl halides is 1. The predicted molar refractivity (Wildman–Crippen MR) is 70.5 cm³/mol. The zero-order chi connectivity index (χ0) is 13.1. The van der Waals surface area contributed by atoms with Crippen LogP contribution in [0.25, 0.3) is 0 Å². The quantitative estimate of drug-likeness (QED) is 0.460. The molecule has 1 aromatic rings. The molecule has 3 nitrogen and oxygen atoms in total. The highest BCUT2D eigenvalue weighted by Gasteiger charge is 2.17. The largest absolute Gasteiger partial charge is 0.269 e. The van der Waals surface area contributed by atoms with Crippen LogP contribution in [0.3, 0.4) is 0 Å². The Labute approximate surface area is 107 Å². The maximum atomic E-state index is 10.5. The average molecular weight is 256 g/mol. The molecular formula is C13H18ClNO2. The SMILES string of the molecule is CC(C)(C)CC(Cl)Cc1ccc([N+](=O)[O-])cc1. The summed E-state index contributed by atoms with van der Waals surface area (Å²) in [5.74, 6) is 0. The molecule has 0 bridgehead atoms. The number of non-ortho nitro benzene ring substituents is 1. The number of nitro groups is 1. The van der Waals surface area contributed by atoms with Gasteiger partial charge in [0.15, 0.2) is 0 Å². The third-order valence-corrected chi connectivity index (χ3v) is 2.75. The van der Waals surface area contributed by atoms with E-state index in [2.05, 4.69) is 20.8 Å². The van der Waals surface area contributed by atoms with Crippen LogP contribution in [0.2, 0.25) is 0 Å². The number of nitro benzene ring substituents is 1. The van der Waals surface area contributed by atoms with Crippen LogP contribution in [0, 0.1) is 15.5 Å². The maximum absolute atomic E-state index is 10.5. The average Bonchev–Trinajstić information content (AvgIpc) is 2.15. The Bertz CT molecular complexity index is 381. The Morgan fingerprint density at radius 1 is 1.29 bits per heavy atom. The molecule has 4 heteroatoms. The van der Waals surface area contributed by atoms with Crippen molar-refractivity contribution in [1.82, 2.24) is 0 Å². The van der Waals surface area contributed by atoms with Gasteiger partial charge in [0.25, 0.3) is 5.69 Å². The molecule has 1 unspecified atom stereocenters. The second-order valence-electron chi connectivity index (χ2n) is 5.49. The van der Waals surface area contributed by atoms with Gasteiger partial charge in [-0.2, -0.15) is 0 Å². The minimum Gasteiger partial charge on any atom is -0.258 e. The van der Waals surface area contributed by atoms with Gasteiger partial charge < -0.3 is 0 Å². The summed E-state index contributed by atoms with van der Waals surface area (Å²) in [5, 5.41) is 10.6. The first-order valence-corrected chi connectivity index (χ1v) is 6.09. The van der Waals surface area contributed by atoms with Gasteiger partial charge in [0, 0.05) is 17.5 Å². The lowest BCUT2D eigenvalue weighted by molar-refractivity contribution is -0.384. The van der Waals surface area contributed by atoms with E-state index in [9.17, 15) is 10.1 Å². The van der Waals surface area contributed by atoms with Crippen molar-refractivity contribution in [2.75, 3.05) is 0 Å². The smallest absolute Gasteiger partial charge is 0.258 e. The van der Waals surface area contributed by atoms with Crippen LogP contribution in [-0.4, -0.2) is 10.3 Å². The maximum Gasteiger partial charge on any atom is 0.269 e. The Morgan fingerprint density at radius 3 is 2.24 bits per heavy atom. The van der Waals surface area contributed by atoms with Gasteiger partial charge in [0.2, 0.25) is 0 Å². The molecule has 0 aliphatic heterocycles. The monoisotopic (exact) mass is 255 g/mol. The molecule has 0 saturated carbocycles. The van der Waals surface area contributed by atoms with Crippen molar-refractivity contribution in [1.29, 1.82) is 0 Å². The summed E-state index contributed by atoms with van der Waals surface area (Å²) >= 11 is 6.27. The molecule has 1 aromatic carbocycles. The van der Waals surface area contributed by atoms with Crippen molar-refractivity contribution in [3.63, 3.8) is 0 Å². The highest BCUT2D eigenvalue weighted by Crippen LogP contribution is 2.26. The Hall–Kier alpha value is -1.09. The van der Waals surface area contributed by atoms with E-state index >= 15 is 0 Å². The minimum absolute atomic E-state index is 0.0662. The molecule has 0 aromatic heterocycles. The molecule has 1 atom stereocenters. The predicted octanol–water partition coefficient (Wildman–Crippen LogP) is 4.18. The fourth-order valence-corrected chi connectivity index (χ4v) is 2.39. The van der Waals surface area contributed by atoms with E-state index in [0.717, 1.165) is 18.4 Å². The zero-order valence-electron chi connectivity index (χ0n) is 10.4. The third-order valence-electron chi connectivity index (χ3n) is 2.44. The number of nitrogens with zero attached hydrogens (tertiary/aromatic N) is 1. The minimum atomic E-state index is -0.392. The van der Waals surface area contributed by atoms with Crippen molar-refractivity contribution in [3.05, 3.63) is 39.9 Å². The Morgan fingerprint density at radius 2 is 1.82 bits per heavy atom. The van der Waals surface area contributed by atoms with Crippen molar-refractivity contribution in [2.45, 2.75) is 39.0 Å². The molecule has 0 heterocycles. The first-order chi connectivity index (χ1) is 7.78. The van der Waals surface area contributed by atoms with Crippen LogP contribution in [0.5, 0.6) is 0 Å². The lowest BCUT2D eigenvalue weighted by atomic mass is 9.88. The molecule has 0 spiro atoms. The van der Waals surface area contributed by atoms with Crippen LogP contribution >= 0.6 is 11.6 Å². The van der Waals surface area contributed by atoms with E-state index < -0.39 is 4.92 Å². The van der Waals surface area contributed by atoms with Crippen LogP contribution in [0.1, 0.15) is 32.8 Å². The molecule has 0 aliphatic carbocycles. The fraction of sp³-hybridized carbons (Fsp3) is 0.538. The zero-order valence-corrected chi connectivity index (χ0v) is 11.2. The Balaban J connectivity index is 2.60. The molecule has 1 rings (SSSR count). The summed E-state index contributed by atoms with van der Waals surface area (Å²) in [7, 11) is 0. The summed E-state index contributed by atoms with van der Waals surface area (Å²) in [6.07, 6.45) is 1.67. The summed E-state index contributed by atoms with van der Waals surface area (Å²) < 4.78 is 0. The molecule has 0 saturated heterocycles. The van der Waals surface area contributed by atoms with Gasteiger partial charge in [-0.15, -0.1) is 11.6 Å². The van der Waals surface area contributed by atoms with E-state index in [4.69, 9.17) is 11.6 Å². The fourth-order valence-electron chi connectivity index (χ4n) is 1.75. The molecule has 94 valence electrons. The van der Waals surface area contributed by atoms with Crippen molar-refractivity contribution < 1.29 is 4.92 Å². The number of halogens is 1. The summed E-state index contributed by atoms with van der Waals surface area (Å²) in [6, 6.07) is 6.60. The molecule has 17 heavy (non-hydrogen) atoms. The van der Waals surface area contributed by atoms with E-state index in [1.807, 2.05) is 0 Å². The van der Waals surface area contributed by atoms with Crippen molar-refractivity contribution in [2.24, 2.45) is 5.41 Å². The van der Waals surface area contributed by atoms with Gasteiger partial charge in [-0.05, 0) is 23.8 Å². The van der Waals surface area contributed by atoms with E-state index in [-0.39, 0.29) is 16.5 Å². The molecule has 0 aliphatic rings. The van der Waals surface area contributed by atoms with Gasteiger partial charge in [-0.25, -0.2) is 0 Å². The third kappa shape index (κ3) is 5.18. The topological polar surface area (TPSA) is 43.1 Å². The first-order valence-electron chi connectivity index (χ1n) is 5.65. The van der Waals surface area contributed by atoms with Crippen molar-refractivity contribution >= 4 is 17.3 Å². The van der Waals surface area contributed by atoms with Gasteiger partial charge in [-0.3, -0.25) is 10.1 Å². The number of rotatable bonds is 4. The van der Waals surface area contributed by atoms with Crippen LogP contribution < -0.4 is 0 Å². The van der Waals surface area contributed by atoms with Crippen LogP contribution in [0.15, 0.2) is 24.3 Å². The van der Waals surface area contributed by atoms with E-state index in [1.54, 1.807) is 12.1 Å². The molecule has 0 N–H and O–H groups in total. The molecule has 0 amide bonds. The normalized spacial score (nSPS) is 13.4. The van der Waals surface area contributed by atoms with Crippen LogP contribution in [-0.2, 0) is 6.42 Å². The van der Waals surface area contributed by atoms with Gasteiger partial charge in [0.1, 0.15) is 0 Å². The summed E-state index contributed by atoms with van der Waals surface area (Å²) in [4.78, 5) is 10.1. The lowest BCUT2D eigenvalue weighted by Crippen LogP contribution is -2.15.